The first-order chi connectivity index (χ1) is 8.61. The number of hydrogen-bond acceptors (Lipinski definition) is 0. The maximum atomic E-state index is 2.54. The lowest BCUT2D eigenvalue weighted by Gasteiger charge is -2.36. The normalized spacial score (nSPS) is 12.7. The Balaban J connectivity index is 4.77. The highest BCUT2D eigenvalue weighted by atomic mass is 28.4. The van der Waals surface area contributed by atoms with Gasteiger partial charge in [-0.3, -0.25) is 0 Å². The fraction of sp³-hybridized carbons (Fsp3) is 1.00. The lowest BCUT2D eigenvalue weighted by atomic mass is 10.6. The van der Waals surface area contributed by atoms with Crippen molar-refractivity contribution >= 4 is 25.7 Å². The van der Waals surface area contributed by atoms with Crippen molar-refractivity contribution in [3.63, 3.8) is 0 Å². The van der Waals surface area contributed by atoms with E-state index < -0.39 is 8.07 Å². The Morgan fingerprint density at radius 2 is 1.06 bits per heavy atom. The summed E-state index contributed by atoms with van der Waals surface area (Å²) in [5.74, 6) is 0. The smallest absolute Gasteiger partial charge is 0.0475 e. The quantitative estimate of drug-likeness (QED) is 0.443. The molecule has 0 atom stereocenters. The van der Waals surface area contributed by atoms with Crippen LogP contribution in [0.15, 0.2) is 0 Å². The first-order valence-electron chi connectivity index (χ1n) is 8.61. The summed E-state index contributed by atoms with van der Waals surface area (Å²) in [7, 11) is -1.58. The first kappa shape index (κ1) is 18.7. The molecule has 18 heavy (non-hydrogen) atoms. The van der Waals surface area contributed by atoms with E-state index in [1.54, 1.807) is 47.6 Å². The molecule has 0 aromatic carbocycles. The second-order valence-electron chi connectivity index (χ2n) is 6.38. The summed E-state index contributed by atoms with van der Waals surface area (Å²) in [6.45, 7) is 14.8. The minimum Gasteiger partial charge on any atom is -0.0680 e. The van der Waals surface area contributed by atoms with E-state index in [1.165, 1.54) is 6.42 Å². The van der Waals surface area contributed by atoms with Gasteiger partial charge in [-0.25, -0.2) is 0 Å². The van der Waals surface area contributed by atoms with Crippen molar-refractivity contribution in [2.24, 2.45) is 0 Å². The molecule has 0 saturated heterocycles. The highest BCUT2D eigenvalue weighted by Gasteiger charge is 2.34. The van der Waals surface area contributed by atoms with Gasteiger partial charge in [0.2, 0.25) is 0 Å². The minimum absolute atomic E-state index is 0.363. The van der Waals surface area contributed by atoms with Gasteiger partial charge in [-0.05, 0) is 0 Å². The third-order valence-electron chi connectivity index (χ3n) is 5.28. The van der Waals surface area contributed by atoms with E-state index in [-0.39, 0.29) is 17.6 Å². The average molecular weight is 303 g/mol. The molecule has 0 unspecified atom stereocenters. The topological polar surface area (TPSA) is 0 Å². The largest absolute Gasteiger partial charge is 0.0680 e. The molecule has 0 N–H and O–H groups in total. The molecule has 0 radical (unpaired) electrons. The van der Waals surface area contributed by atoms with Gasteiger partial charge >= 0.3 is 0 Å². The Hall–Kier alpha value is 0.651. The summed E-state index contributed by atoms with van der Waals surface area (Å²) in [6, 6.07) is 9.46. The minimum atomic E-state index is -0.856. The molecule has 0 amide bonds. The third kappa shape index (κ3) is 6.20. The van der Waals surface area contributed by atoms with Gasteiger partial charge in [-0.15, -0.1) is 0 Å². The van der Waals surface area contributed by atoms with Gasteiger partial charge in [0.15, 0.2) is 0 Å². The number of rotatable bonds is 11. The third-order valence-corrected chi connectivity index (χ3v) is 24.5. The molecule has 0 aliphatic rings. The highest BCUT2D eigenvalue weighted by molar-refractivity contribution is 6.96. The molecule has 0 saturated carbocycles. The Morgan fingerprint density at radius 1 is 0.667 bits per heavy atom. The van der Waals surface area contributed by atoms with Crippen LogP contribution in [0.5, 0.6) is 0 Å². The van der Waals surface area contributed by atoms with Crippen molar-refractivity contribution in [1.29, 1.82) is 0 Å². The Morgan fingerprint density at radius 3 is 1.28 bits per heavy atom. The van der Waals surface area contributed by atoms with Crippen molar-refractivity contribution in [3.8, 4) is 0 Å². The summed E-state index contributed by atoms with van der Waals surface area (Å²) >= 11 is 0. The zero-order chi connectivity index (χ0) is 14.0. The summed E-state index contributed by atoms with van der Waals surface area (Å²) in [6.07, 6.45) is 1.46. The van der Waals surface area contributed by atoms with E-state index in [0.717, 1.165) is 0 Å². The summed E-state index contributed by atoms with van der Waals surface area (Å²) in [4.78, 5) is 0. The second kappa shape index (κ2) is 10.4. The molecule has 0 nitrogen and oxygen atoms in total. The van der Waals surface area contributed by atoms with Crippen LogP contribution in [0.4, 0.5) is 0 Å². The van der Waals surface area contributed by atoms with Crippen molar-refractivity contribution in [3.05, 3.63) is 0 Å². The van der Waals surface area contributed by atoms with Crippen LogP contribution in [0.3, 0.4) is 0 Å². The van der Waals surface area contributed by atoms with Gasteiger partial charge in [0.05, 0.1) is 0 Å². The zero-order valence-corrected chi connectivity index (χ0v) is 17.3. The van der Waals surface area contributed by atoms with E-state index in [4.69, 9.17) is 0 Å². The molecule has 0 aliphatic heterocycles. The molecule has 0 bridgehead atoms. The van der Waals surface area contributed by atoms with Crippen molar-refractivity contribution < 1.29 is 0 Å². The van der Waals surface area contributed by atoms with Crippen LogP contribution in [0.2, 0.25) is 47.6 Å². The summed E-state index contributed by atoms with van der Waals surface area (Å²) in [5, 5.41) is 0. The molecule has 0 aromatic heterocycles. The molecule has 0 fully saturated rings. The van der Waals surface area contributed by atoms with Crippen LogP contribution in [0, 0.1) is 0 Å². The van der Waals surface area contributed by atoms with Crippen LogP contribution in [0.1, 0.15) is 48.0 Å². The van der Waals surface area contributed by atoms with Crippen molar-refractivity contribution in [1.82, 2.24) is 0 Å². The van der Waals surface area contributed by atoms with E-state index in [1.807, 2.05) is 0 Å². The predicted molar refractivity (Wildman–Crippen MR) is 97.2 cm³/mol. The molecule has 0 aliphatic carbocycles. The lowest BCUT2D eigenvalue weighted by Crippen LogP contribution is -2.42. The van der Waals surface area contributed by atoms with Gasteiger partial charge in [0.1, 0.15) is 0 Å². The van der Waals surface area contributed by atoms with Gasteiger partial charge in [0.25, 0.3) is 0 Å². The van der Waals surface area contributed by atoms with Crippen LogP contribution in [0.25, 0.3) is 0 Å². The molecular formula is C15H38Si3. The second-order valence-corrected chi connectivity index (χ2v) is 20.6. The summed E-state index contributed by atoms with van der Waals surface area (Å²) in [5.41, 5.74) is 3.57. The summed E-state index contributed by atoms with van der Waals surface area (Å²) < 4.78 is 0. The molecular weight excluding hydrogens is 264 g/mol. The standard InChI is InChI=1S/C15H38Si3/c1-7-13-18(12-6,14-16(8-2)9-3)15-17(10-4)11-5/h16-17H,7-15H2,1-6H3. The monoisotopic (exact) mass is 302 g/mol. The van der Waals surface area contributed by atoms with E-state index in [2.05, 4.69) is 41.5 Å². The average Bonchev–Trinajstić information content (AvgIpc) is 2.42. The SMILES string of the molecule is CCC[Si](CC)(C[SiH](CC)CC)C[SiH](CC)CC. The molecule has 0 spiro atoms. The molecule has 110 valence electrons. The van der Waals surface area contributed by atoms with Gasteiger partial charge < -0.3 is 0 Å². The van der Waals surface area contributed by atoms with Gasteiger partial charge in [-0.2, -0.15) is 0 Å². The van der Waals surface area contributed by atoms with Crippen LogP contribution >= 0.6 is 0 Å². The Bertz CT molecular complexity index is 172. The highest BCUT2D eigenvalue weighted by Crippen LogP contribution is 2.32. The van der Waals surface area contributed by atoms with E-state index >= 15 is 0 Å². The van der Waals surface area contributed by atoms with Crippen molar-refractivity contribution in [2.75, 3.05) is 0 Å². The van der Waals surface area contributed by atoms with E-state index in [9.17, 15) is 0 Å². The predicted octanol–water partition coefficient (Wildman–Crippen LogP) is 5.48. The maximum absolute atomic E-state index is 2.54. The van der Waals surface area contributed by atoms with E-state index in [0.29, 0.717) is 0 Å². The van der Waals surface area contributed by atoms with Crippen LogP contribution in [-0.4, -0.2) is 25.7 Å². The molecule has 0 heterocycles. The molecule has 0 aromatic rings. The maximum Gasteiger partial charge on any atom is 0.0475 e. The first-order valence-corrected chi connectivity index (χ1v) is 16.3. The Kier molecular flexibility index (Phi) is 10.8. The fourth-order valence-corrected chi connectivity index (χ4v) is 26.8. The number of hydrogen-bond donors (Lipinski definition) is 0. The lowest BCUT2D eigenvalue weighted by molar-refractivity contribution is 1.02. The fourth-order valence-electron chi connectivity index (χ4n) is 3.66. The van der Waals surface area contributed by atoms with Gasteiger partial charge in [0, 0.05) is 25.7 Å². The van der Waals surface area contributed by atoms with Gasteiger partial charge in [-0.1, -0.05) is 95.6 Å². The zero-order valence-electron chi connectivity index (χ0n) is 14.0. The van der Waals surface area contributed by atoms with Crippen LogP contribution in [-0.2, 0) is 0 Å². The van der Waals surface area contributed by atoms with Crippen molar-refractivity contribution in [2.45, 2.75) is 95.6 Å². The molecule has 3 heteroatoms. The molecule has 0 rings (SSSR count). The van der Waals surface area contributed by atoms with Crippen LogP contribution < -0.4 is 0 Å². The Labute approximate surface area is 121 Å².